The van der Waals surface area contributed by atoms with E-state index < -0.39 is 0 Å². The number of aryl methyl sites for hydroxylation is 2. The van der Waals surface area contributed by atoms with Gasteiger partial charge in [-0.1, -0.05) is 12.1 Å². The molecule has 1 unspecified atom stereocenters. The van der Waals surface area contributed by atoms with Gasteiger partial charge < -0.3 is 15.2 Å². The molecular weight excluding hydrogens is 328 g/mol. The van der Waals surface area contributed by atoms with Gasteiger partial charge >= 0.3 is 0 Å². The third-order valence-corrected chi connectivity index (χ3v) is 5.08. The van der Waals surface area contributed by atoms with Crippen LogP contribution in [0.2, 0.25) is 0 Å². The Hall–Kier alpha value is -2.67. The molecule has 2 N–H and O–H groups in total. The molecule has 1 aromatic carbocycles. The molecule has 1 amide bonds. The lowest BCUT2D eigenvalue weighted by Gasteiger charge is -2.22. The number of carbonyl (C=O) groups excluding carboxylic acids is 1. The lowest BCUT2D eigenvalue weighted by atomic mass is 10.1. The number of carbonyl (C=O) groups is 1. The maximum absolute atomic E-state index is 12.5. The maximum Gasteiger partial charge on any atom is 0.272 e. The van der Waals surface area contributed by atoms with Crippen LogP contribution >= 0.6 is 0 Å². The molecule has 0 aliphatic carbocycles. The van der Waals surface area contributed by atoms with E-state index in [0.29, 0.717) is 18.3 Å². The predicted octanol–water partition coefficient (Wildman–Crippen LogP) is 1.93. The van der Waals surface area contributed by atoms with Gasteiger partial charge in [-0.25, -0.2) is 4.98 Å². The van der Waals surface area contributed by atoms with Crippen LogP contribution in [-0.2, 0) is 13.6 Å². The van der Waals surface area contributed by atoms with E-state index in [9.17, 15) is 4.79 Å². The molecule has 2 aromatic heterocycles. The number of piperidine rings is 1. The molecule has 1 saturated heterocycles. The van der Waals surface area contributed by atoms with Crippen molar-refractivity contribution in [2.24, 2.45) is 7.05 Å². The minimum Gasteiger partial charge on any atom is -0.343 e. The van der Waals surface area contributed by atoms with Gasteiger partial charge in [-0.05, 0) is 44.0 Å². The number of nitrogens with one attached hydrogen (secondary N) is 2. The highest BCUT2D eigenvalue weighted by molar-refractivity contribution is 5.92. The zero-order chi connectivity index (χ0) is 18.1. The van der Waals surface area contributed by atoms with Gasteiger partial charge in [0.15, 0.2) is 0 Å². The fourth-order valence-corrected chi connectivity index (χ4v) is 3.64. The number of benzene rings is 1. The van der Waals surface area contributed by atoms with Crippen molar-refractivity contribution >= 4 is 16.9 Å². The SMILES string of the molecule is Cc1cccc2nc(CNC(=O)c3ccn(C4CCCNC4)n3)n(C)c12. The molecule has 7 nitrogen and oxygen atoms in total. The molecule has 3 aromatic rings. The first-order valence-corrected chi connectivity index (χ1v) is 9.08. The number of hydrogen-bond donors (Lipinski definition) is 2. The summed E-state index contributed by atoms with van der Waals surface area (Å²) in [4.78, 5) is 17.1. The van der Waals surface area contributed by atoms with Crippen LogP contribution in [0.1, 0.15) is 40.8 Å². The van der Waals surface area contributed by atoms with Crippen LogP contribution in [0.4, 0.5) is 0 Å². The smallest absolute Gasteiger partial charge is 0.272 e. The van der Waals surface area contributed by atoms with Crippen LogP contribution < -0.4 is 10.6 Å². The Morgan fingerprint density at radius 1 is 1.38 bits per heavy atom. The number of para-hydroxylation sites is 1. The largest absolute Gasteiger partial charge is 0.343 e. The van der Waals surface area contributed by atoms with E-state index >= 15 is 0 Å². The van der Waals surface area contributed by atoms with Gasteiger partial charge in [0.2, 0.25) is 0 Å². The van der Waals surface area contributed by atoms with Gasteiger partial charge in [0.1, 0.15) is 11.5 Å². The van der Waals surface area contributed by atoms with Crippen molar-refractivity contribution in [2.45, 2.75) is 32.4 Å². The summed E-state index contributed by atoms with van der Waals surface area (Å²) in [5, 5.41) is 10.8. The summed E-state index contributed by atoms with van der Waals surface area (Å²) < 4.78 is 3.94. The number of imidazole rings is 1. The van der Waals surface area contributed by atoms with Crippen LogP contribution in [0.3, 0.4) is 0 Å². The summed E-state index contributed by atoms with van der Waals surface area (Å²) in [5.41, 5.74) is 3.68. The van der Waals surface area contributed by atoms with Crippen molar-refractivity contribution in [3.63, 3.8) is 0 Å². The van der Waals surface area contributed by atoms with Gasteiger partial charge in [0.05, 0.1) is 23.6 Å². The zero-order valence-corrected chi connectivity index (χ0v) is 15.2. The molecular formula is C19H24N6O. The molecule has 1 aliphatic rings. The van der Waals surface area contributed by atoms with Crippen LogP contribution in [-0.4, -0.2) is 38.3 Å². The number of aromatic nitrogens is 4. The molecule has 1 atom stereocenters. The maximum atomic E-state index is 12.5. The van der Waals surface area contributed by atoms with Crippen molar-refractivity contribution < 1.29 is 4.79 Å². The summed E-state index contributed by atoms with van der Waals surface area (Å²) in [6.07, 6.45) is 4.12. The molecule has 4 rings (SSSR count). The molecule has 1 fully saturated rings. The molecule has 0 saturated carbocycles. The summed E-state index contributed by atoms with van der Waals surface area (Å²) in [5.74, 6) is 0.662. The summed E-state index contributed by atoms with van der Waals surface area (Å²) in [7, 11) is 1.98. The quantitative estimate of drug-likeness (QED) is 0.752. The normalized spacial score (nSPS) is 17.5. The minimum atomic E-state index is -0.170. The number of hydrogen-bond acceptors (Lipinski definition) is 4. The first-order valence-electron chi connectivity index (χ1n) is 9.08. The number of fused-ring (bicyclic) bond motifs is 1. The Balaban J connectivity index is 1.45. The first kappa shape index (κ1) is 16.8. The van der Waals surface area contributed by atoms with E-state index in [1.165, 1.54) is 5.56 Å². The molecule has 7 heteroatoms. The Morgan fingerprint density at radius 2 is 2.27 bits per heavy atom. The van der Waals surface area contributed by atoms with E-state index in [1.54, 1.807) is 6.07 Å². The minimum absolute atomic E-state index is 0.170. The molecule has 0 spiro atoms. The second-order valence-electron chi connectivity index (χ2n) is 6.89. The van der Waals surface area contributed by atoms with Crippen molar-refractivity contribution in [3.05, 3.63) is 47.5 Å². The third kappa shape index (κ3) is 3.10. The lowest BCUT2D eigenvalue weighted by Crippen LogP contribution is -2.32. The van der Waals surface area contributed by atoms with Crippen LogP contribution in [0.15, 0.2) is 30.5 Å². The summed E-state index contributed by atoms with van der Waals surface area (Å²) in [6, 6.07) is 8.17. The fraction of sp³-hybridized carbons (Fsp3) is 0.421. The Morgan fingerprint density at radius 3 is 3.04 bits per heavy atom. The van der Waals surface area contributed by atoms with E-state index in [0.717, 1.165) is 42.8 Å². The Kier molecular flexibility index (Phi) is 4.46. The van der Waals surface area contributed by atoms with Gasteiger partial charge in [0, 0.05) is 19.8 Å². The zero-order valence-electron chi connectivity index (χ0n) is 15.2. The highest BCUT2D eigenvalue weighted by Gasteiger charge is 2.18. The third-order valence-electron chi connectivity index (χ3n) is 5.08. The second kappa shape index (κ2) is 6.92. The first-order chi connectivity index (χ1) is 12.6. The van der Waals surface area contributed by atoms with Crippen molar-refractivity contribution in [1.29, 1.82) is 0 Å². The van der Waals surface area contributed by atoms with Crippen molar-refractivity contribution in [1.82, 2.24) is 30.0 Å². The Labute approximate surface area is 152 Å². The highest BCUT2D eigenvalue weighted by atomic mass is 16.1. The van der Waals surface area contributed by atoms with E-state index in [4.69, 9.17) is 0 Å². The standard InChI is InChI=1S/C19H24N6O/c1-13-5-3-7-15-18(13)24(2)17(22-15)12-21-19(26)16-8-10-25(23-16)14-6-4-9-20-11-14/h3,5,7-8,10,14,20H,4,6,9,11-12H2,1-2H3,(H,21,26). The average molecular weight is 352 g/mol. The monoisotopic (exact) mass is 352 g/mol. The second-order valence-corrected chi connectivity index (χ2v) is 6.89. The molecule has 136 valence electrons. The van der Waals surface area contributed by atoms with Crippen LogP contribution in [0.5, 0.6) is 0 Å². The fourth-order valence-electron chi connectivity index (χ4n) is 3.64. The van der Waals surface area contributed by atoms with Crippen molar-refractivity contribution in [2.75, 3.05) is 13.1 Å². The predicted molar refractivity (Wildman–Crippen MR) is 100.0 cm³/mol. The van der Waals surface area contributed by atoms with E-state index in [-0.39, 0.29) is 5.91 Å². The molecule has 3 heterocycles. The van der Waals surface area contributed by atoms with Crippen molar-refractivity contribution in [3.8, 4) is 0 Å². The Bertz CT molecular complexity index is 935. The topological polar surface area (TPSA) is 76.8 Å². The molecule has 26 heavy (non-hydrogen) atoms. The van der Waals surface area contributed by atoms with Crippen LogP contribution in [0.25, 0.3) is 11.0 Å². The summed E-state index contributed by atoms with van der Waals surface area (Å²) >= 11 is 0. The number of amides is 1. The average Bonchev–Trinajstić information content (AvgIpc) is 3.27. The van der Waals surface area contributed by atoms with Gasteiger partial charge in [-0.15, -0.1) is 0 Å². The van der Waals surface area contributed by atoms with Gasteiger partial charge in [-0.3, -0.25) is 9.48 Å². The number of nitrogens with zero attached hydrogens (tertiary/aromatic N) is 4. The van der Waals surface area contributed by atoms with E-state index in [2.05, 4.69) is 33.7 Å². The molecule has 0 bridgehead atoms. The highest BCUT2D eigenvalue weighted by Crippen LogP contribution is 2.19. The lowest BCUT2D eigenvalue weighted by molar-refractivity contribution is 0.0943. The van der Waals surface area contributed by atoms with Gasteiger partial charge in [0.25, 0.3) is 5.91 Å². The van der Waals surface area contributed by atoms with Crippen LogP contribution in [0, 0.1) is 6.92 Å². The molecule has 0 radical (unpaired) electrons. The molecule has 1 aliphatic heterocycles. The van der Waals surface area contributed by atoms with E-state index in [1.807, 2.05) is 34.6 Å². The summed E-state index contributed by atoms with van der Waals surface area (Å²) in [6.45, 7) is 4.41. The van der Waals surface area contributed by atoms with Gasteiger partial charge in [-0.2, -0.15) is 5.10 Å². The number of rotatable bonds is 4.